The molecule has 3 nitrogen and oxygen atoms in total. The van der Waals surface area contributed by atoms with Gasteiger partial charge in [-0.3, -0.25) is 0 Å². The van der Waals surface area contributed by atoms with Gasteiger partial charge in [-0.25, -0.2) is 4.39 Å². The first kappa shape index (κ1) is 13.3. The van der Waals surface area contributed by atoms with Gasteiger partial charge in [0.05, 0.1) is 19.3 Å². The Morgan fingerprint density at radius 2 is 2.33 bits per heavy atom. The average molecular weight is 254 g/mol. The van der Waals surface area contributed by atoms with E-state index < -0.39 is 5.60 Å². The van der Waals surface area contributed by atoms with Gasteiger partial charge in [0.15, 0.2) is 11.6 Å². The standard InChI is InChI=1S/C14H19FO3/c1-10-9-18-7-6-14(10,16)8-11-4-3-5-12(17-2)13(11)15/h3-5,10,16H,6-9H2,1-2H3. The second-order valence-electron chi connectivity index (χ2n) is 4.94. The molecule has 100 valence electrons. The molecular formula is C14H19FO3. The van der Waals surface area contributed by atoms with Crippen LogP contribution in [0.1, 0.15) is 18.9 Å². The maximum absolute atomic E-state index is 14.1. The van der Waals surface area contributed by atoms with Crippen molar-refractivity contribution in [2.24, 2.45) is 5.92 Å². The summed E-state index contributed by atoms with van der Waals surface area (Å²) in [5, 5.41) is 10.6. The highest BCUT2D eigenvalue weighted by Gasteiger charge is 2.37. The van der Waals surface area contributed by atoms with Crippen LogP contribution in [-0.2, 0) is 11.2 Å². The summed E-state index contributed by atoms with van der Waals surface area (Å²) in [6, 6.07) is 5.01. The molecule has 0 bridgehead atoms. The highest BCUT2D eigenvalue weighted by molar-refractivity contribution is 5.32. The molecule has 4 heteroatoms. The Labute approximate surface area is 107 Å². The third kappa shape index (κ3) is 2.49. The molecule has 0 spiro atoms. The predicted octanol–water partition coefficient (Wildman–Crippen LogP) is 2.16. The van der Waals surface area contributed by atoms with Crippen molar-refractivity contribution in [2.75, 3.05) is 20.3 Å². The highest BCUT2D eigenvalue weighted by atomic mass is 19.1. The Morgan fingerprint density at radius 1 is 1.56 bits per heavy atom. The van der Waals surface area contributed by atoms with Gasteiger partial charge < -0.3 is 14.6 Å². The molecule has 2 rings (SSSR count). The molecule has 2 unspecified atom stereocenters. The van der Waals surface area contributed by atoms with E-state index in [9.17, 15) is 9.50 Å². The fourth-order valence-electron chi connectivity index (χ4n) is 2.35. The van der Waals surface area contributed by atoms with Crippen molar-refractivity contribution in [2.45, 2.75) is 25.4 Å². The summed E-state index contributed by atoms with van der Waals surface area (Å²) < 4.78 is 24.3. The molecule has 2 atom stereocenters. The van der Waals surface area contributed by atoms with E-state index >= 15 is 0 Å². The third-order valence-corrected chi connectivity index (χ3v) is 3.72. The summed E-state index contributed by atoms with van der Waals surface area (Å²) in [6.45, 7) is 2.96. The van der Waals surface area contributed by atoms with E-state index in [0.717, 1.165) is 0 Å². The molecule has 1 N–H and O–H groups in total. The lowest BCUT2D eigenvalue weighted by Gasteiger charge is -2.38. The first-order chi connectivity index (χ1) is 8.57. The molecule has 0 radical (unpaired) electrons. The van der Waals surface area contributed by atoms with E-state index in [1.807, 2.05) is 6.92 Å². The van der Waals surface area contributed by atoms with Gasteiger partial charge in [-0.15, -0.1) is 0 Å². The molecule has 0 amide bonds. The van der Waals surface area contributed by atoms with Gasteiger partial charge in [0.1, 0.15) is 0 Å². The van der Waals surface area contributed by atoms with Crippen LogP contribution < -0.4 is 4.74 Å². The van der Waals surface area contributed by atoms with Crippen LogP contribution in [0.3, 0.4) is 0 Å². The highest BCUT2D eigenvalue weighted by Crippen LogP contribution is 2.32. The maximum atomic E-state index is 14.1. The van der Waals surface area contributed by atoms with Crippen LogP contribution in [0.4, 0.5) is 4.39 Å². The molecule has 1 aliphatic rings. The van der Waals surface area contributed by atoms with Crippen molar-refractivity contribution in [1.82, 2.24) is 0 Å². The van der Waals surface area contributed by atoms with Crippen LogP contribution >= 0.6 is 0 Å². The van der Waals surface area contributed by atoms with Crippen LogP contribution in [0.2, 0.25) is 0 Å². The molecule has 0 aromatic heterocycles. The first-order valence-electron chi connectivity index (χ1n) is 6.18. The van der Waals surface area contributed by atoms with E-state index in [1.165, 1.54) is 7.11 Å². The minimum absolute atomic E-state index is 0.00292. The Bertz CT molecular complexity index is 422. The van der Waals surface area contributed by atoms with E-state index in [2.05, 4.69) is 0 Å². The van der Waals surface area contributed by atoms with E-state index in [1.54, 1.807) is 18.2 Å². The van der Waals surface area contributed by atoms with Crippen molar-refractivity contribution in [3.63, 3.8) is 0 Å². The van der Waals surface area contributed by atoms with E-state index in [0.29, 0.717) is 31.6 Å². The SMILES string of the molecule is COc1cccc(CC2(O)CCOCC2C)c1F. The lowest BCUT2D eigenvalue weighted by molar-refractivity contribution is -0.105. The summed E-state index contributed by atoms with van der Waals surface area (Å²) >= 11 is 0. The second-order valence-corrected chi connectivity index (χ2v) is 4.94. The zero-order valence-corrected chi connectivity index (χ0v) is 10.8. The first-order valence-corrected chi connectivity index (χ1v) is 6.18. The molecule has 0 saturated carbocycles. The summed E-state index contributed by atoms with van der Waals surface area (Å²) in [7, 11) is 1.44. The van der Waals surface area contributed by atoms with Crippen LogP contribution in [0, 0.1) is 11.7 Å². The van der Waals surface area contributed by atoms with Crippen molar-refractivity contribution in [1.29, 1.82) is 0 Å². The lowest BCUT2D eigenvalue weighted by Crippen LogP contribution is -2.45. The number of methoxy groups -OCH3 is 1. The molecule has 1 aliphatic heterocycles. The zero-order chi connectivity index (χ0) is 13.2. The fourth-order valence-corrected chi connectivity index (χ4v) is 2.35. The molecule has 1 aromatic rings. The average Bonchev–Trinajstić information content (AvgIpc) is 2.36. The van der Waals surface area contributed by atoms with Crippen molar-refractivity contribution >= 4 is 0 Å². The van der Waals surface area contributed by atoms with Crippen LogP contribution in [0.15, 0.2) is 18.2 Å². The minimum atomic E-state index is -0.897. The second kappa shape index (κ2) is 5.24. The maximum Gasteiger partial charge on any atom is 0.168 e. The number of aliphatic hydroxyl groups is 1. The molecule has 1 saturated heterocycles. The summed E-state index contributed by atoms with van der Waals surface area (Å²) in [5.41, 5.74) is -0.406. The molecular weight excluding hydrogens is 235 g/mol. The number of hydrogen-bond acceptors (Lipinski definition) is 3. The van der Waals surface area contributed by atoms with Crippen molar-refractivity contribution in [3.8, 4) is 5.75 Å². The van der Waals surface area contributed by atoms with Gasteiger partial charge in [0, 0.05) is 25.4 Å². The van der Waals surface area contributed by atoms with Crippen molar-refractivity contribution < 1.29 is 19.0 Å². The number of hydrogen-bond donors (Lipinski definition) is 1. The molecule has 0 aliphatic carbocycles. The predicted molar refractivity (Wildman–Crippen MR) is 66.2 cm³/mol. The Hall–Kier alpha value is -1.13. The number of ether oxygens (including phenoxy) is 2. The topological polar surface area (TPSA) is 38.7 Å². The van der Waals surface area contributed by atoms with Crippen LogP contribution in [0.25, 0.3) is 0 Å². The third-order valence-electron chi connectivity index (χ3n) is 3.72. The normalized spacial score (nSPS) is 28.1. The Morgan fingerprint density at radius 3 is 3.00 bits per heavy atom. The van der Waals surface area contributed by atoms with Gasteiger partial charge in [-0.2, -0.15) is 0 Å². The summed E-state index contributed by atoms with van der Waals surface area (Å²) in [5.74, 6) is -0.167. The largest absolute Gasteiger partial charge is 0.494 e. The van der Waals surface area contributed by atoms with E-state index in [4.69, 9.17) is 9.47 Å². The van der Waals surface area contributed by atoms with Crippen LogP contribution in [0.5, 0.6) is 5.75 Å². The molecule has 1 fully saturated rings. The lowest BCUT2D eigenvalue weighted by atomic mass is 9.80. The van der Waals surface area contributed by atoms with Gasteiger partial charge in [0.2, 0.25) is 0 Å². The van der Waals surface area contributed by atoms with Gasteiger partial charge >= 0.3 is 0 Å². The Balaban J connectivity index is 2.22. The monoisotopic (exact) mass is 254 g/mol. The quantitative estimate of drug-likeness (QED) is 0.898. The number of halogens is 1. The summed E-state index contributed by atoms with van der Waals surface area (Å²) in [6.07, 6.45) is 0.825. The van der Waals surface area contributed by atoms with E-state index in [-0.39, 0.29) is 17.5 Å². The molecule has 1 heterocycles. The summed E-state index contributed by atoms with van der Waals surface area (Å²) in [4.78, 5) is 0. The van der Waals surface area contributed by atoms with Gasteiger partial charge in [0.25, 0.3) is 0 Å². The van der Waals surface area contributed by atoms with Gasteiger partial charge in [-0.05, 0) is 11.6 Å². The fraction of sp³-hybridized carbons (Fsp3) is 0.571. The smallest absolute Gasteiger partial charge is 0.168 e. The number of benzene rings is 1. The molecule has 1 aromatic carbocycles. The molecule has 18 heavy (non-hydrogen) atoms. The van der Waals surface area contributed by atoms with Crippen molar-refractivity contribution in [3.05, 3.63) is 29.6 Å². The zero-order valence-electron chi connectivity index (χ0n) is 10.8. The minimum Gasteiger partial charge on any atom is -0.494 e. The Kier molecular flexibility index (Phi) is 3.88. The van der Waals surface area contributed by atoms with Gasteiger partial charge in [-0.1, -0.05) is 19.1 Å². The number of rotatable bonds is 3. The van der Waals surface area contributed by atoms with Crippen LogP contribution in [-0.4, -0.2) is 31.0 Å².